The molecule has 4 heteroatoms. The van der Waals surface area contributed by atoms with Crippen LogP contribution in [0.3, 0.4) is 0 Å². The zero-order valence-electron chi connectivity index (χ0n) is 17.2. The molecule has 0 aromatic rings. The third-order valence-electron chi connectivity index (χ3n) is 3.73. The Bertz CT molecular complexity index is 269. The van der Waals surface area contributed by atoms with E-state index < -0.39 is 5.97 Å². The second kappa shape index (κ2) is 14.1. The van der Waals surface area contributed by atoms with E-state index in [1.807, 2.05) is 41.5 Å². The lowest BCUT2D eigenvalue weighted by Crippen LogP contribution is -2.53. The second-order valence-electron chi connectivity index (χ2n) is 6.87. The molecule has 0 aromatic heterocycles. The Morgan fingerprint density at radius 2 is 1.25 bits per heavy atom. The summed E-state index contributed by atoms with van der Waals surface area (Å²) in [5, 5.41) is 0. The van der Waals surface area contributed by atoms with Gasteiger partial charge in [0, 0.05) is 13.2 Å². The SMILES string of the molecule is CCCCCCCCC(OCC)C(OCC)(OC(C)C)OC(C)C. The van der Waals surface area contributed by atoms with Crippen molar-refractivity contribution < 1.29 is 18.9 Å². The molecule has 146 valence electrons. The first-order chi connectivity index (χ1) is 11.4. The van der Waals surface area contributed by atoms with Crippen LogP contribution in [0.15, 0.2) is 0 Å². The van der Waals surface area contributed by atoms with E-state index in [1.54, 1.807) is 0 Å². The number of ether oxygens (including phenoxy) is 4. The summed E-state index contributed by atoms with van der Waals surface area (Å²) in [4.78, 5) is 0. The maximum atomic E-state index is 6.13. The van der Waals surface area contributed by atoms with Gasteiger partial charge in [0.05, 0.1) is 12.2 Å². The van der Waals surface area contributed by atoms with Gasteiger partial charge in [-0.15, -0.1) is 0 Å². The van der Waals surface area contributed by atoms with Gasteiger partial charge >= 0.3 is 5.97 Å². The molecule has 1 unspecified atom stereocenters. The highest BCUT2D eigenvalue weighted by Gasteiger charge is 2.45. The maximum Gasteiger partial charge on any atom is 0.311 e. The first kappa shape index (κ1) is 23.8. The summed E-state index contributed by atoms with van der Waals surface area (Å²) in [5.41, 5.74) is 0. The quantitative estimate of drug-likeness (QED) is 0.266. The minimum absolute atomic E-state index is 0.00260. The van der Waals surface area contributed by atoms with Gasteiger partial charge in [-0.2, -0.15) is 0 Å². The molecule has 0 fully saturated rings. The van der Waals surface area contributed by atoms with Crippen LogP contribution >= 0.6 is 0 Å². The maximum absolute atomic E-state index is 6.13. The van der Waals surface area contributed by atoms with Crippen molar-refractivity contribution in [2.24, 2.45) is 0 Å². The highest BCUT2D eigenvalue weighted by Crippen LogP contribution is 2.30. The lowest BCUT2D eigenvalue weighted by atomic mass is 10.1. The Morgan fingerprint density at radius 1 is 0.708 bits per heavy atom. The molecule has 0 rings (SSSR count). The summed E-state index contributed by atoms with van der Waals surface area (Å²) in [6.45, 7) is 15.4. The molecule has 0 aliphatic heterocycles. The van der Waals surface area contributed by atoms with E-state index in [2.05, 4.69) is 6.92 Å². The summed E-state index contributed by atoms with van der Waals surface area (Å²) in [6.07, 6.45) is 8.20. The predicted molar refractivity (Wildman–Crippen MR) is 100 cm³/mol. The Hall–Kier alpha value is -0.160. The highest BCUT2D eigenvalue weighted by atomic mass is 16.9. The van der Waals surface area contributed by atoms with Gasteiger partial charge in [0.2, 0.25) is 0 Å². The van der Waals surface area contributed by atoms with Gasteiger partial charge < -0.3 is 18.9 Å². The monoisotopic (exact) mass is 346 g/mol. The number of hydrogen-bond acceptors (Lipinski definition) is 4. The first-order valence-electron chi connectivity index (χ1n) is 10.0. The van der Waals surface area contributed by atoms with E-state index in [1.165, 1.54) is 32.1 Å². The molecule has 0 N–H and O–H groups in total. The van der Waals surface area contributed by atoms with Crippen molar-refractivity contribution in [2.45, 2.75) is 118 Å². The summed E-state index contributed by atoms with van der Waals surface area (Å²) in [5.74, 6) is -1.11. The topological polar surface area (TPSA) is 36.9 Å². The average molecular weight is 347 g/mol. The van der Waals surface area contributed by atoms with Gasteiger partial charge in [-0.25, -0.2) is 0 Å². The zero-order chi connectivity index (χ0) is 18.4. The van der Waals surface area contributed by atoms with E-state index in [4.69, 9.17) is 18.9 Å². The van der Waals surface area contributed by atoms with Crippen molar-refractivity contribution in [2.75, 3.05) is 13.2 Å². The fourth-order valence-electron chi connectivity index (χ4n) is 2.87. The van der Waals surface area contributed by atoms with Gasteiger partial charge in [0.15, 0.2) is 0 Å². The summed E-state index contributed by atoms with van der Waals surface area (Å²) in [6, 6.07) is 0. The number of rotatable bonds is 16. The van der Waals surface area contributed by atoms with E-state index in [-0.39, 0.29) is 18.3 Å². The van der Waals surface area contributed by atoms with Crippen molar-refractivity contribution >= 4 is 0 Å². The summed E-state index contributed by atoms with van der Waals surface area (Å²) < 4.78 is 24.3. The van der Waals surface area contributed by atoms with Crippen LogP contribution in [0.1, 0.15) is 93.4 Å². The molecular weight excluding hydrogens is 304 g/mol. The van der Waals surface area contributed by atoms with Crippen molar-refractivity contribution in [3.63, 3.8) is 0 Å². The van der Waals surface area contributed by atoms with Crippen LogP contribution in [0.25, 0.3) is 0 Å². The van der Waals surface area contributed by atoms with Crippen molar-refractivity contribution in [3.05, 3.63) is 0 Å². The lowest BCUT2D eigenvalue weighted by Gasteiger charge is -2.41. The standard InChI is InChI=1S/C20H42O4/c1-8-11-12-13-14-15-16-19(21-9-2)20(22-10-3,23-17(4)5)24-18(6)7/h17-19H,8-16H2,1-7H3. The fourth-order valence-corrected chi connectivity index (χ4v) is 2.87. The molecule has 4 nitrogen and oxygen atoms in total. The molecule has 0 saturated heterocycles. The number of hydrogen-bond donors (Lipinski definition) is 0. The van der Waals surface area contributed by atoms with Gasteiger partial charge in [0.1, 0.15) is 6.10 Å². The van der Waals surface area contributed by atoms with Gasteiger partial charge in [-0.1, -0.05) is 45.4 Å². The molecule has 0 aliphatic rings. The predicted octanol–water partition coefficient (Wildman–Crippen LogP) is 5.68. The van der Waals surface area contributed by atoms with E-state index in [0.29, 0.717) is 13.2 Å². The average Bonchev–Trinajstić information content (AvgIpc) is 2.48. The third kappa shape index (κ3) is 9.97. The van der Waals surface area contributed by atoms with Crippen LogP contribution in [0.2, 0.25) is 0 Å². The second-order valence-corrected chi connectivity index (χ2v) is 6.87. The van der Waals surface area contributed by atoms with Crippen LogP contribution < -0.4 is 0 Å². The van der Waals surface area contributed by atoms with Crippen LogP contribution in [0.4, 0.5) is 0 Å². The zero-order valence-corrected chi connectivity index (χ0v) is 17.2. The summed E-state index contributed by atoms with van der Waals surface area (Å²) >= 11 is 0. The molecule has 0 saturated carbocycles. The molecule has 0 amide bonds. The molecule has 0 heterocycles. The fraction of sp³-hybridized carbons (Fsp3) is 1.00. The largest absolute Gasteiger partial charge is 0.370 e. The van der Waals surface area contributed by atoms with E-state index in [0.717, 1.165) is 12.8 Å². The van der Waals surface area contributed by atoms with Crippen molar-refractivity contribution in [3.8, 4) is 0 Å². The Morgan fingerprint density at radius 3 is 1.71 bits per heavy atom. The minimum Gasteiger partial charge on any atom is -0.370 e. The van der Waals surface area contributed by atoms with Crippen molar-refractivity contribution in [1.82, 2.24) is 0 Å². The Labute approximate surface area is 150 Å². The molecule has 0 aromatic carbocycles. The normalized spacial score (nSPS) is 13.9. The summed E-state index contributed by atoms with van der Waals surface area (Å²) in [7, 11) is 0. The molecule has 24 heavy (non-hydrogen) atoms. The highest BCUT2D eigenvalue weighted by molar-refractivity contribution is 4.75. The van der Waals surface area contributed by atoms with Crippen LogP contribution in [-0.2, 0) is 18.9 Å². The first-order valence-corrected chi connectivity index (χ1v) is 10.0. The van der Waals surface area contributed by atoms with Gasteiger partial charge in [0.25, 0.3) is 0 Å². The third-order valence-corrected chi connectivity index (χ3v) is 3.73. The molecular formula is C20H42O4. The van der Waals surface area contributed by atoms with Crippen molar-refractivity contribution in [1.29, 1.82) is 0 Å². The molecule has 0 spiro atoms. The molecule has 1 atom stereocenters. The molecule has 0 aliphatic carbocycles. The van der Waals surface area contributed by atoms with Crippen LogP contribution in [0, 0.1) is 0 Å². The Balaban J connectivity index is 4.92. The van der Waals surface area contributed by atoms with E-state index in [9.17, 15) is 0 Å². The van der Waals surface area contributed by atoms with Gasteiger partial charge in [-0.3, -0.25) is 0 Å². The van der Waals surface area contributed by atoms with Crippen LogP contribution in [0.5, 0.6) is 0 Å². The minimum atomic E-state index is -1.11. The van der Waals surface area contributed by atoms with E-state index >= 15 is 0 Å². The van der Waals surface area contributed by atoms with Crippen LogP contribution in [-0.4, -0.2) is 37.5 Å². The van der Waals surface area contributed by atoms with Gasteiger partial charge in [-0.05, 0) is 48.0 Å². The molecule has 0 radical (unpaired) electrons. The Kier molecular flexibility index (Phi) is 14.0. The lowest BCUT2D eigenvalue weighted by molar-refractivity contribution is -0.434. The molecule has 0 bridgehead atoms. The number of unbranched alkanes of at least 4 members (excludes halogenated alkanes) is 5. The smallest absolute Gasteiger partial charge is 0.311 e.